The molecule has 1 saturated carbocycles. The summed E-state index contributed by atoms with van der Waals surface area (Å²) in [6.07, 6.45) is 4.47. The van der Waals surface area contributed by atoms with Crippen molar-refractivity contribution in [3.8, 4) is 0 Å². The number of carbonyl (C=O) groups is 1. The highest BCUT2D eigenvalue weighted by molar-refractivity contribution is 5.77. The van der Waals surface area contributed by atoms with E-state index in [-0.39, 0.29) is 18.6 Å². The van der Waals surface area contributed by atoms with E-state index in [1.165, 1.54) is 5.56 Å². The summed E-state index contributed by atoms with van der Waals surface area (Å²) in [5.74, 6) is 0.338. The van der Waals surface area contributed by atoms with E-state index in [4.69, 9.17) is 4.74 Å². The van der Waals surface area contributed by atoms with Gasteiger partial charge in [0.25, 0.3) is 0 Å². The van der Waals surface area contributed by atoms with Crippen LogP contribution in [0.2, 0.25) is 0 Å². The highest BCUT2D eigenvalue weighted by Crippen LogP contribution is 2.23. The minimum absolute atomic E-state index is 0.0666. The molecule has 116 valence electrons. The zero-order chi connectivity index (χ0) is 14.9. The lowest BCUT2D eigenvalue weighted by atomic mass is 9.87. The lowest BCUT2D eigenvalue weighted by molar-refractivity contribution is -0.126. The van der Waals surface area contributed by atoms with E-state index >= 15 is 0 Å². The molecule has 2 unspecified atom stereocenters. The Labute approximate surface area is 126 Å². The third-order valence-electron chi connectivity index (χ3n) is 3.95. The molecule has 0 aromatic heterocycles. The molecule has 0 heterocycles. The maximum Gasteiger partial charge on any atom is 0.246 e. The number of ether oxygens (including phenoxy) is 1. The maximum absolute atomic E-state index is 11.7. The van der Waals surface area contributed by atoms with Crippen molar-refractivity contribution in [1.29, 1.82) is 0 Å². The molecule has 0 aliphatic heterocycles. The predicted octanol–water partition coefficient (Wildman–Crippen LogP) is 1.91. The van der Waals surface area contributed by atoms with Crippen molar-refractivity contribution in [2.45, 2.75) is 38.2 Å². The first-order valence-electron chi connectivity index (χ1n) is 7.80. The van der Waals surface area contributed by atoms with Crippen molar-refractivity contribution in [1.82, 2.24) is 5.32 Å². The molecule has 2 N–H and O–H groups in total. The van der Waals surface area contributed by atoms with Gasteiger partial charge in [-0.25, -0.2) is 0 Å². The normalized spacial score (nSPS) is 22.0. The number of nitrogens with one attached hydrogen (secondary N) is 1. The topological polar surface area (TPSA) is 58.6 Å². The molecule has 1 aliphatic carbocycles. The molecule has 21 heavy (non-hydrogen) atoms. The first kappa shape index (κ1) is 16.0. The standard InChI is InChI=1S/C17H25NO3/c19-16-8-4-7-15(11-16)12-18-17(20)13-21-10-9-14-5-2-1-3-6-14/h1-3,5-6,15-16,19H,4,7-13H2,(H,18,20). The molecule has 0 radical (unpaired) electrons. The molecule has 0 bridgehead atoms. The molecule has 1 fully saturated rings. The van der Waals surface area contributed by atoms with Crippen LogP contribution in [0.15, 0.2) is 30.3 Å². The molecule has 1 aliphatic rings. The SMILES string of the molecule is O=C(COCCc1ccccc1)NCC1CCCC(O)C1. The number of hydrogen-bond acceptors (Lipinski definition) is 3. The van der Waals surface area contributed by atoms with Crippen molar-refractivity contribution in [3.63, 3.8) is 0 Å². The number of aliphatic hydroxyl groups excluding tert-OH is 1. The molecule has 2 atom stereocenters. The Kier molecular flexibility index (Phi) is 6.70. The van der Waals surface area contributed by atoms with Gasteiger partial charge in [-0.1, -0.05) is 36.8 Å². The van der Waals surface area contributed by atoms with Gasteiger partial charge in [0.1, 0.15) is 6.61 Å². The number of aliphatic hydroxyl groups is 1. The van der Waals surface area contributed by atoms with Crippen LogP contribution in [-0.4, -0.2) is 36.9 Å². The molecular weight excluding hydrogens is 266 g/mol. The Balaban J connectivity index is 1.53. The van der Waals surface area contributed by atoms with E-state index in [0.29, 0.717) is 19.1 Å². The Morgan fingerprint density at radius 2 is 2.10 bits per heavy atom. The van der Waals surface area contributed by atoms with E-state index in [0.717, 1.165) is 32.1 Å². The Hall–Kier alpha value is -1.39. The van der Waals surface area contributed by atoms with Crippen LogP contribution in [0.3, 0.4) is 0 Å². The van der Waals surface area contributed by atoms with Crippen molar-refractivity contribution in [2.24, 2.45) is 5.92 Å². The van der Waals surface area contributed by atoms with Crippen molar-refractivity contribution in [2.75, 3.05) is 19.8 Å². The average Bonchev–Trinajstić information content (AvgIpc) is 2.51. The summed E-state index contributed by atoms with van der Waals surface area (Å²) in [6, 6.07) is 10.1. The smallest absolute Gasteiger partial charge is 0.246 e. The molecular formula is C17H25NO3. The van der Waals surface area contributed by atoms with E-state index in [2.05, 4.69) is 17.4 Å². The van der Waals surface area contributed by atoms with Crippen LogP contribution in [0.4, 0.5) is 0 Å². The summed E-state index contributed by atoms with van der Waals surface area (Å²) in [4.78, 5) is 11.7. The Bertz CT molecular complexity index is 421. The number of amides is 1. The Morgan fingerprint density at radius 1 is 1.29 bits per heavy atom. The summed E-state index contributed by atoms with van der Waals surface area (Å²) >= 11 is 0. The fraction of sp³-hybridized carbons (Fsp3) is 0.588. The third kappa shape index (κ3) is 6.27. The van der Waals surface area contributed by atoms with Gasteiger partial charge in [-0.15, -0.1) is 0 Å². The summed E-state index contributed by atoms with van der Waals surface area (Å²) < 4.78 is 5.40. The average molecular weight is 291 g/mol. The fourth-order valence-corrected chi connectivity index (χ4v) is 2.76. The van der Waals surface area contributed by atoms with Crippen LogP contribution in [0.1, 0.15) is 31.2 Å². The summed E-state index contributed by atoms with van der Waals surface area (Å²) in [6.45, 7) is 1.32. The van der Waals surface area contributed by atoms with Crippen LogP contribution in [0, 0.1) is 5.92 Å². The van der Waals surface area contributed by atoms with Gasteiger partial charge in [-0.3, -0.25) is 4.79 Å². The van der Waals surface area contributed by atoms with Gasteiger partial charge in [0.05, 0.1) is 12.7 Å². The maximum atomic E-state index is 11.7. The minimum Gasteiger partial charge on any atom is -0.393 e. The van der Waals surface area contributed by atoms with Gasteiger partial charge >= 0.3 is 0 Å². The molecule has 1 amide bonds. The van der Waals surface area contributed by atoms with Crippen molar-refractivity contribution >= 4 is 5.91 Å². The first-order valence-corrected chi connectivity index (χ1v) is 7.80. The molecule has 0 saturated heterocycles. The van der Waals surface area contributed by atoms with Gasteiger partial charge in [0.2, 0.25) is 5.91 Å². The van der Waals surface area contributed by atoms with Crippen LogP contribution in [-0.2, 0) is 16.0 Å². The third-order valence-corrected chi connectivity index (χ3v) is 3.95. The van der Waals surface area contributed by atoms with Crippen LogP contribution < -0.4 is 5.32 Å². The lowest BCUT2D eigenvalue weighted by Gasteiger charge is -2.25. The van der Waals surface area contributed by atoms with E-state index in [1.807, 2.05) is 18.2 Å². The lowest BCUT2D eigenvalue weighted by Crippen LogP contribution is -2.35. The van der Waals surface area contributed by atoms with Crippen LogP contribution >= 0.6 is 0 Å². The molecule has 2 rings (SSSR count). The van der Waals surface area contributed by atoms with Crippen molar-refractivity contribution < 1.29 is 14.6 Å². The second kappa shape index (κ2) is 8.80. The van der Waals surface area contributed by atoms with Crippen LogP contribution in [0.5, 0.6) is 0 Å². The quantitative estimate of drug-likeness (QED) is 0.755. The van der Waals surface area contributed by atoms with Gasteiger partial charge in [0.15, 0.2) is 0 Å². The van der Waals surface area contributed by atoms with Gasteiger partial charge < -0.3 is 15.2 Å². The molecule has 1 aromatic rings. The predicted molar refractivity (Wildman–Crippen MR) is 81.9 cm³/mol. The van der Waals surface area contributed by atoms with Crippen molar-refractivity contribution in [3.05, 3.63) is 35.9 Å². The number of benzene rings is 1. The highest BCUT2D eigenvalue weighted by Gasteiger charge is 2.20. The fourth-order valence-electron chi connectivity index (χ4n) is 2.76. The monoisotopic (exact) mass is 291 g/mol. The summed E-state index contributed by atoms with van der Waals surface area (Å²) in [5, 5.41) is 12.5. The second-order valence-corrected chi connectivity index (χ2v) is 5.78. The zero-order valence-corrected chi connectivity index (χ0v) is 12.5. The molecule has 4 nitrogen and oxygen atoms in total. The zero-order valence-electron chi connectivity index (χ0n) is 12.5. The minimum atomic E-state index is -0.192. The molecule has 1 aromatic carbocycles. The van der Waals surface area contributed by atoms with E-state index in [1.54, 1.807) is 0 Å². The summed E-state index contributed by atoms with van der Waals surface area (Å²) in [7, 11) is 0. The first-order chi connectivity index (χ1) is 10.2. The molecule has 0 spiro atoms. The van der Waals surface area contributed by atoms with Gasteiger partial charge in [0, 0.05) is 6.54 Å². The second-order valence-electron chi connectivity index (χ2n) is 5.78. The summed E-state index contributed by atoms with van der Waals surface area (Å²) in [5.41, 5.74) is 1.22. The van der Waals surface area contributed by atoms with Crippen LogP contribution in [0.25, 0.3) is 0 Å². The van der Waals surface area contributed by atoms with E-state index in [9.17, 15) is 9.90 Å². The van der Waals surface area contributed by atoms with Gasteiger partial charge in [-0.05, 0) is 37.2 Å². The van der Waals surface area contributed by atoms with Gasteiger partial charge in [-0.2, -0.15) is 0 Å². The number of rotatable bonds is 7. The number of carbonyl (C=O) groups excluding carboxylic acids is 1. The Morgan fingerprint density at radius 3 is 2.86 bits per heavy atom. The van der Waals surface area contributed by atoms with E-state index < -0.39 is 0 Å². The highest BCUT2D eigenvalue weighted by atomic mass is 16.5. The largest absolute Gasteiger partial charge is 0.393 e. The molecule has 4 heteroatoms. The number of hydrogen-bond donors (Lipinski definition) is 2.